The summed E-state index contributed by atoms with van der Waals surface area (Å²) in [6, 6.07) is 0. The minimum atomic E-state index is -3.59. The van der Waals surface area contributed by atoms with Crippen LogP contribution in [0, 0.1) is 0 Å². The van der Waals surface area contributed by atoms with Gasteiger partial charge in [0.2, 0.25) is 0 Å². The monoisotopic (exact) mass is 1460 g/mol. The van der Waals surface area contributed by atoms with Crippen molar-refractivity contribution in [2.45, 2.75) is 439 Å². The van der Waals surface area contributed by atoms with Crippen molar-refractivity contribution in [1.82, 2.24) is 0 Å². The van der Waals surface area contributed by atoms with Crippen molar-refractivity contribution >= 4 is 56.0 Å². The molecule has 85 heavy (non-hydrogen) atoms. The van der Waals surface area contributed by atoms with Crippen molar-refractivity contribution in [3.63, 3.8) is 0 Å². The summed E-state index contributed by atoms with van der Waals surface area (Å²) in [6.45, 7) is 9.14. The number of rotatable bonds is 68. The predicted molar refractivity (Wildman–Crippen MR) is 381 cm³/mol. The Labute approximate surface area is 590 Å². The van der Waals surface area contributed by atoms with E-state index in [1.807, 2.05) is 0 Å². The molecule has 0 heterocycles. The molecule has 0 fully saturated rings. The van der Waals surface area contributed by atoms with Crippen molar-refractivity contribution in [1.29, 1.82) is 0 Å². The molecule has 500 valence electrons. The Kier molecular flexibility index (Phi) is 94.4. The van der Waals surface area contributed by atoms with Crippen molar-refractivity contribution in [3.8, 4) is 0 Å². The minimum absolute atomic E-state index is 0. The van der Waals surface area contributed by atoms with Gasteiger partial charge in [0, 0.05) is 0 Å². The second-order valence-electron chi connectivity index (χ2n) is 25.8. The molecule has 0 aliphatic heterocycles. The molecule has 0 bridgehead atoms. The maximum absolute atomic E-state index is 12.2. The molecule has 0 N–H and O–H groups in total. The van der Waals surface area contributed by atoms with Crippen molar-refractivity contribution < 1.29 is 78.0 Å². The molecule has 0 aromatic rings. The fourth-order valence-corrected chi connectivity index (χ4v) is 22.3. The predicted octanol–water partition coefficient (Wildman–Crippen LogP) is 24.1. The fraction of sp³-hybridized carbons (Fsp3) is 1.00. The molecule has 0 unspecified atom stereocenters. The van der Waals surface area contributed by atoms with Crippen LogP contribution >= 0.6 is 11.4 Å². The molecule has 0 atom stereocenters. The summed E-state index contributed by atoms with van der Waals surface area (Å²) in [7, 11) is -1.12. The first-order valence-corrected chi connectivity index (χ1v) is 47.1. The average Bonchev–Trinajstić information content (AvgIpc) is 3.51. The normalized spacial score (nSPS) is 11.7. The number of hydrogen-bond acceptors (Lipinski definition) is 6. The molecule has 0 saturated carbocycles. The first-order chi connectivity index (χ1) is 40.0. The van der Waals surface area contributed by atoms with E-state index in [1.165, 1.54) is 385 Å². The van der Waals surface area contributed by atoms with Crippen LogP contribution < -0.4 is 19.6 Å². The molecule has 0 aromatic carbocycles. The molecule has 4 nitrogen and oxygen atoms in total. The molecule has 0 aliphatic rings. The molecule has 0 radical (unpaired) electrons. The maximum Gasteiger partial charge on any atom is 2.00 e. The molecule has 13 heteroatoms. The van der Waals surface area contributed by atoms with Crippen molar-refractivity contribution in [3.05, 3.63) is 0 Å². The summed E-state index contributed by atoms with van der Waals surface area (Å²) in [5, 5.41) is 0. The Morgan fingerprint density at radius 3 is 0.341 bits per heavy atom. The Morgan fingerprint density at radius 1 is 0.176 bits per heavy atom. The summed E-state index contributed by atoms with van der Waals surface area (Å²) >= 11 is 9.88. The standard InChI is InChI=1S/2C36H74O2PS2.3Zn/c2*1-3-5-7-9-11-13-15-17-19-21-23-25-27-29-31-33-35-41(39(37,38)40)36-34-32-30-28-26-24-22-20-18-16-14-12-10-8-6-4-2;;;/h2*3-36H2,1-2H3;;;/q2*-3;3*+2. The molecular weight excluding hydrogens is 1320 g/mol. The van der Waals surface area contributed by atoms with E-state index in [0.29, 0.717) is 0 Å². The molecule has 0 aliphatic carbocycles. The zero-order valence-corrected chi connectivity index (χ0v) is 72.3. The third kappa shape index (κ3) is 84.0. The van der Waals surface area contributed by atoms with Gasteiger partial charge in [-0.15, -0.1) is 0 Å². The Balaban J connectivity index is -0.000000485. The van der Waals surface area contributed by atoms with Gasteiger partial charge in [0.25, 0.3) is 0 Å². The zero-order chi connectivity index (χ0) is 60.2. The first kappa shape index (κ1) is 97.6. The molecule has 0 amide bonds. The van der Waals surface area contributed by atoms with Gasteiger partial charge in [0.05, 0.1) is 0 Å². The Morgan fingerprint density at radius 2 is 0.259 bits per heavy atom. The van der Waals surface area contributed by atoms with Gasteiger partial charge in [-0.3, -0.25) is 0 Å². The van der Waals surface area contributed by atoms with Gasteiger partial charge in [-0.1, -0.05) is 413 Å². The van der Waals surface area contributed by atoms with Crippen LogP contribution in [0.4, 0.5) is 0 Å². The van der Waals surface area contributed by atoms with Crippen LogP contribution in [0.1, 0.15) is 439 Å². The third-order valence-electron chi connectivity index (χ3n) is 17.6. The third-order valence-corrected chi connectivity index (χ3v) is 31.7. The van der Waals surface area contributed by atoms with Crippen LogP contribution in [0.3, 0.4) is 0 Å². The van der Waals surface area contributed by atoms with Crippen LogP contribution in [0.15, 0.2) is 0 Å². The summed E-state index contributed by atoms with van der Waals surface area (Å²) in [5.41, 5.74) is -7.19. The minimum Gasteiger partial charge on any atom is -0.854 e. The molecule has 0 aromatic heterocycles. The van der Waals surface area contributed by atoms with E-state index in [4.69, 9.17) is 24.5 Å². The van der Waals surface area contributed by atoms with Crippen LogP contribution in [-0.4, -0.2) is 23.0 Å². The van der Waals surface area contributed by atoms with Crippen molar-refractivity contribution in [2.24, 2.45) is 0 Å². The van der Waals surface area contributed by atoms with E-state index in [1.54, 1.807) is 0 Å². The molecule has 0 spiro atoms. The average molecular weight is 1460 g/mol. The van der Waals surface area contributed by atoms with Gasteiger partial charge in [-0.2, -0.15) is 0 Å². The summed E-state index contributed by atoms with van der Waals surface area (Å²) in [5.74, 6) is 3.28. The molecule has 0 saturated heterocycles. The van der Waals surface area contributed by atoms with Gasteiger partial charge in [-0.05, 0) is 48.7 Å². The Bertz CT molecular complexity index is 1150. The second-order valence-corrected chi connectivity index (χ2v) is 41.4. The maximum atomic E-state index is 12.2. The van der Waals surface area contributed by atoms with Crippen LogP contribution in [0.2, 0.25) is 0 Å². The summed E-state index contributed by atoms with van der Waals surface area (Å²) in [6.07, 6.45) is 86.7. The Hall–Kier alpha value is 3.97. The summed E-state index contributed by atoms with van der Waals surface area (Å²) < 4.78 is 0. The van der Waals surface area contributed by atoms with Gasteiger partial charge in [0.1, 0.15) is 0 Å². The second kappa shape index (κ2) is 82.2. The van der Waals surface area contributed by atoms with E-state index < -0.39 is 31.5 Å². The van der Waals surface area contributed by atoms with E-state index in [0.717, 1.165) is 48.7 Å². The fourth-order valence-electron chi connectivity index (χ4n) is 11.9. The number of unbranched alkanes of at least 4 members (excludes halogenated alkanes) is 60. The van der Waals surface area contributed by atoms with Crippen LogP contribution in [-0.2, 0) is 103 Å². The van der Waals surface area contributed by atoms with Gasteiger partial charge in [-0.25, -0.2) is 20.1 Å². The van der Waals surface area contributed by atoms with Crippen LogP contribution in [0.5, 0.6) is 0 Å². The molecule has 0 rings (SSSR count). The van der Waals surface area contributed by atoms with Crippen molar-refractivity contribution in [2.75, 3.05) is 23.0 Å². The van der Waals surface area contributed by atoms with Crippen LogP contribution in [0.25, 0.3) is 0 Å². The zero-order valence-electron chi connectivity index (χ0n) is 58.4. The van der Waals surface area contributed by atoms with Gasteiger partial charge >= 0.3 is 58.4 Å². The quantitative estimate of drug-likeness (QED) is 0.0261. The smallest absolute Gasteiger partial charge is 0.854 e. The molecular formula is C72H148O4P2S4Zn3. The van der Waals surface area contributed by atoms with E-state index in [-0.39, 0.29) is 58.4 Å². The van der Waals surface area contributed by atoms with E-state index >= 15 is 0 Å². The first-order valence-electron chi connectivity index (χ1n) is 37.4. The topological polar surface area (TPSA) is 92.2 Å². The summed E-state index contributed by atoms with van der Waals surface area (Å²) in [4.78, 5) is 48.7. The largest absolute Gasteiger partial charge is 2.00 e. The van der Waals surface area contributed by atoms with Gasteiger partial charge < -0.3 is 55.5 Å². The van der Waals surface area contributed by atoms with Gasteiger partial charge in [0.15, 0.2) is 0 Å². The number of hydrogen-bond donors (Lipinski definition) is 0. The van der Waals surface area contributed by atoms with E-state index in [9.17, 15) is 19.6 Å². The van der Waals surface area contributed by atoms with E-state index in [2.05, 4.69) is 27.7 Å². The SMILES string of the molecule is CCCCCCCCCCCCCCCCCCS(CCCCCCCCCCCCCCCCCC)=P([O-])([O-])[S-].CCCCCCCCCCCCCCCCCCS(CCCCCCCCCCCCCCCCCC)=P([O-])([O-])[S-].[Zn+2].[Zn+2].[Zn+2].